The molecule has 0 aliphatic carbocycles. The largest absolute Gasteiger partial charge is 0.368 e. The van der Waals surface area contributed by atoms with Gasteiger partial charge in [0, 0.05) is 37.6 Å². The van der Waals surface area contributed by atoms with E-state index in [9.17, 15) is 18.0 Å². The Hall–Kier alpha value is -3.85. The first kappa shape index (κ1) is 24.8. The molecule has 2 heterocycles. The number of carbonyl (C=O) groups is 2. The van der Waals surface area contributed by atoms with E-state index in [1.54, 1.807) is 47.4 Å². The van der Waals surface area contributed by atoms with Crippen LogP contribution in [0.4, 0.5) is 16.2 Å². The number of benzene rings is 3. The second kappa shape index (κ2) is 9.89. The molecular weight excluding hydrogens is 488 g/mol. The van der Waals surface area contributed by atoms with Crippen molar-refractivity contribution in [2.45, 2.75) is 24.8 Å². The van der Waals surface area contributed by atoms with Gasteiger partial charge in [-0.3, -0.25) is 9.69 Å². The predicted molar refractivity (Wildman–Crippen MR) is 143 cm³/mol. The lowest BCUT2D eigenvalue weighted by Gasteiger charge is -2.38. The third-order valence-corrected chi connectivity index (χ3v) is 8.77. The first-order valence-corrected chi connectivity index (χ1v) is 13.8. The van der Waals surface area contributed by atoms with Gasteiger partial charge in [-0.1, -0.05) is 48.5 Å². The Morgan fingerprint density at radius 1 is 0.838 bits per heavy atom. The van der Waals surface area contributed by atoms with Gasteiger partial charge in [0.05, 0.1) is 11.4 Å². The van der Waals surface area contributed by atoms with E-state index in [-0.39, 0.29) is 17.3 Å². The topological polar surface area (TPSA) is 81.2 Å². The average molecular weight is 519 g/mol. The monoisotopic (exact) mass is 518 g/mol. The third-order valence-electron chi connectivity index (χ3n) is 7.02. The van der Waals surface area contributed by atoms with Gasteiger partial charge in [0.25, 0.3) is 10.0 Å². The summed E-state index contributed by atoms with van der Waals surface area (Å²) in [5, 5.41) is 0. The molecule has 0 unspecified atom stereocenters. The van der Waals surface area contributed by atoms with E-state index < -0.39 is 22.1 Å². The summed E-state index contributed by atoms with van der Waals surface area (Å²) in [6, 6.07) is 21.3. The molecule has 0 spiro atoms. The summed E-state index contributed by atoms with van der Waals surface area (Å²) < 4.78 is 27.6. The van der Waals surface area contributed by atoms with Crippen LogP contribution in [0.1, 0.15) is 11.1 Å². The summed E-state index contributed by atoms with van der Waals surface area (Å²) in [5.41, 5.74) is 4.02. The Kier molecular flexibility index (Phi) is 6.64. The van der Waals surface area contributed by atoms with Crippen molar-refractivity contribution in [1.82, 2.24) is 9.21 Å². The van der Waals surface area contributed by atoms with E-state index in [1.807, 2.05) is 6.07 Å². The number of hydrogen-bond acceptors (Lipinski definition) is 5. The molecule has 1 atom stereocenters. The Morgan fingerprint density at radius 3 is 2.11 bits per heavy atom. The molecule has 3 amide bonds. The molecule has 0 saturated carbocycles. The molecule has 3 aromatic rings. The summed E-state index contributed by atoms with van der Waals surface area (Å²) in [6.45, 7) is 6.21. The summed E-state index contributed by atoms with van der Waals surface area (Å²) in [6.07, 6.45) is 0. The maximum atomic E-state index is 13.8. The SMILES string of the molecule is Cc1ccc(C)c(N2CCN(C(=O)[C@H]3CN(S(=O)(=O)c4ccccc4)C(=O)N3c3ccccc3)CC2)c1. The van der Waals surface area contributed by atoms with Gasteiger partial charge in [-0.25, -0.2) is 17.5 Å². The van der Waals surface area contributed by atoms with E-state index in [4.69, 9.17) is 0 Å². The highest BCUT2D eigenvalue weighted by atomic mass is 32.2. The Labute approximate surface area is 217 Å². The van der Waals surface area contributed by atoms with Gasteiger partial charge in [-0.2, -0.15) is 0 Å². The number of para-hydroxylation sites is 1. The smallest absolute Gasteiger partial charge is 0.339 e. The maximum Gasteiger partial charge on any atom is 0.339 e. The van der Waals surface area contributed by atoms with Crippen LogP contribution in [0.15, 0.2) is 83.8 Å². The van der Waals surface area contributed by atoms with Gasteiger partial charge in [0.15, 0.2) is 0 Å². The number of carbonyl (C=O) groups excluding carboxylic acids is 2. The van der Waals surface area contributed by atoms with E-state index in [2.05, 4.69) is 36.9 Å². The molecule has 37 heavy (non-hydrogen) atoms. The second-order valence-corrected chi connectivity index (χ2v) is 11.3. The Bertz CT molecular complexity index is 1400. The maximum absolute atomic E-state index is 13.8. The number of nitrogens with zero attached hydrogens (tertiary/aromatic N) is 4. The molecule has 3 aromatic carbocycles. The number of aryl methyl sites for hydroxylation is 2. The van der Waals surface area contributed by atoms with Crippen molar-refractivity contribution >= 4 is 33.3 Å². The van der Waals surface area contributed by atoms with Crippen LogP contribution < -0.4 is 9.80 Å². The number of amides is 3. The molecule has 2 saturated heterocycles. The van der Waals surface area contributed by atoms with Crippen LogP contribution in [-0.4, -0.2) is 68.3 Å². The van der Waals surface area contributed by atoms with Crippen molar-refractivity contribution in [3.8, 4) is 0 Å². The van der Waals surface area contributed by atoms with Crippen LogP contribution in [0.5, 0.6) is 0 Å². The minimum absolute atomic E-state index is 0.0200. The normalized spacial score (nSPS) is 18.4. The van der Waals surface area contributed by atoms with Gasteiger partial charge >= 0.3 is 6.03 Å². The van der Waals surface area contributed by atoms with E-state index in [0.29, 0.717) is 31.9 Å². The highest BCUT2D eigenvalue weighted by Crippen LogP contribution is 2.31. The lowest BCUT2D eigenvalue weighted by atomic mass is 10.1. The molecule has 192 valence electrons. The fraction of sp³-hybridized carbons (Fsp3) is 0.286. The Balaban J connectivity index is 1.40. The minimum atomic E-state index is -4.12. The standard InChI is InChI=1S/C28H30N4O4S/c1-21-13-14-22(2)25(19-21)29-15-17-30(18-16-29)27(33)26-20-31(37(35,36)24-11-7-4-8-12-24)28(34)32(26)23-9-5-3-6-10-23/h3-14,19,26H,15-18,20H2,1-2H3/t26-/m1/s1. The summed E-state index contributed by atoms with van der Waals surface area (Å²) in [5.74, 6) is -0.247. The van der Waals surface area contributed by atoms with Gasteiger partial charge in [-0.05, 0) is 55.3 Å². The van der Waals surface area contributed by atoms with E-state index in [1.165, 1.54) is 28.2 Å². The molecule has 0 N–H and O–H groups in total. The van der Waals surface area contributed by atoms with Crippen molar-refractivity contribution < 1.29 is 18.0 Å². The molecule has 0 radical (unpaired) electrons. The van der Waals surface area contributed by atoms with Crippen LogP contribution in [0.3, 0.4) is 0 Å². The van der Waals surface area contributed by atoms with Gasteiger partial charge < -0.3 is 9.80 Å². The number of hydrogen-bond donors (Lipinski definition) is 0. The highest BCUT2D eigenvalue weighted by Gasteiger charge is 2.49. The number of piperazine rings is 1. The van der Waals surface area contributed by atoms with Gasteiger partial charge in [-0.15, -0.1) is 0 Å². The third kappa shape index (κ3) is 4.67. The van der Waals surface area contributed by atoms with E-state index in [0.717, 1.165) is 9.99 Å². The van der Waals surface area contributed by atoms with E-state index >= 15 is 0 Å². The fourth-order valence-electron chi connectivity index (χ4n) is 5.00. The molecule has 2 aliphatic heterocycles. The molecular formula is C28H30N4O4S. The van der Waals surface area contributed by atoms with Crippen molar-refractivity contribution in [3.63, 3.8) is 0 Å². The molecule has 8 nitrogen and oxygen atoms in total. The first-order chi connectivity index (χ1) is 17.8. The summed E-state index contributed by atoms with van der Waals surface area (Å²) in [7, 11) is -4.12. The van der Waals surface area contributed by atoms with Crippen LogP contribution in [-0.2, 0) is 14.8 Å². The molecule has 0 aromatic heterocycles. The zero-order valence-electron chi connectivity index (χ0n) is 20.9. The van der Waals surface area contributed by atoms with Crippen LogP contribution >= 0.6 is 0 Å². The predicted octanol–water partition coefficient (Wildman–Crippen LogP) is 3.65. The molecule has 2 fully saturated rings. The molecule has 0 bridgehead atoms. The molecule has 5 rings (SSSR count). The van der Waals surface area contributed by atoms with Crippen molar-refractivity contribution in [1.29, 1.82) is 0 Å². The quantitative estimate of drug-likeness (QED) is 0.515. The van der Waals surface area contributed by atoms with Crippen molar-refractivity contribution in [2.24, 2.45) is 0 Å². The number of sulfonamides is 1. The zero-order valence-corrected chi connectivity index (χ0v) is 21.8. The second-order valence-electron chi connectivity index (χ2n) is 9.46. The van der Waals surface area contributed by atoms with Gasteiger partial charge in [0.2, 0.25) is 5.91 Å². The summed E-state index contributed by atoms with van der Waals surface area (Å²) in [4.78, 5) is 32.7. The first-order valence-electron chi connectivity index (χ1n) is 12.3. The average Bonchev–Trinajstić information content (AvgIpc) is 3.28. The van der Waals surface area contributed by atoms with Crippen LogP contribution in [0.2, 0.25) is 0 Å². The lowest BCUT2D eigenvalue weighted by Crippen LogP contribution is -2.55. The number of anilines is 2. The summed E-state index contributed by atoms with van der Waals surface area (Å²) >= 11 is 0. The lowest BCUT2D eigenvalue weighted by molar-refractivity contribution is -0.132. The molecule has 9 heteroatoms. The van der Waals surface area contributed by atoms with Gasteiger partial charge in [0.1, 0.15) is 6.04 Å². The van der Waals surface area contributed by atoms with Crippen LogP contribution in [0.25, 0.3) is 0 Å². The molecule has 2 aliphatic rings. The van der Waals surface area contributed by atoms with Crippen molar-refractivity contribution in [3.05, 3.63) is 90.0 Å². The van der Waals surface area contributed by atoms with Crippen molar-refractivity contribution in [2.75, 3.05) is 42.5 Å². The fourth-order valence-corrected chi connectivity index (χ4v) is 6.38. The number of urea groups is 1. The minimum Gasteiger partial charge on any atom is -0.368 e. The highest BCUT2D eigenvalue weighted by molar-refractivity contribution is 7.89. The Morgan fingerprint density at radius 2 is 1.46 bits per heavy atom. The van der Waals surface area contributed by atoms with Crippen LogP contribution in [0, 0.1) is 13.8 Å². The number of rotatable bonds is 5. The zero-order chi connectivity index (χ0) is 26.2.